The van der Waals surface area contributed by atoms with E-state index in [4.69, 9.17) is 9.16 Å². The molecule has 1 amide bonds. The Morgan fingerprint density at radius 3 is 2.62 bits per heavy atom. The second-order valence-corrected chi connectivity index (χ2v) is 11.8. The third-order valence-corrected chi connectivity index (χ3v) is 8.75. The van der Waals surface area contributed by atoms with Crippen molar-refractivity contribution in [3.05, 3.63) is 12.7 Å². The average Bonchev–Trinajstić information content (AvgIpc) is 2.73. The van der Waals surface area contributed by atoms with E-state index in [2.05, 4.69) is 40.4 Å². The minimum Gasteiger partial charge on any atom is -0.445 e. The predicted octanol–water partition coefficient (Wildman–Crippen LogP) is 2.97. The Labute approximate surface area is 128 Å². The molecule has 0 aromatic carbocycles. The molecule has 1 atom stereocenters. The maximum atomic E-state index is 11.9. The van der Waals surface area contributed by atoms with Crippen molar-refractivity contribution < 1.29 is 18.8 Å². The molecule has 1 unspecified atom stereocenters. The molecule has 0 spiro atoms. The molecule has 0 bridgehead atoms. The molecule has 0 aromatic heterocycles. The minimum absolute atomic E-state index is 0.0504. The number of ketones is 1. The SMILES string of the molecule is C=CCOC(=O)N1CC(=O)CC1CO[Si](C)(C)C(C)(C)C. The van der Waals surface area contributed by atoms with Gasteiger partial charge in [-0.1, -0.05) is 33.4 Å². The summed E-state index contributed by atoms with van der Waals surface area (Å²) in [6.07, 6.45) is 1.39. The molecular weight excluding hydrogens is 286 g/mol. The molecule has 1 aliphatic rings. The predicted molar refractivity (Wildman–Crippen MR) is 84.8 cm³/mol. The number of hydrogen-bond acceptors (Lipinski definition) is 4. The lowest BCUT2D eigenvalue weighted by Gasteiger charge is -2.37. The van der Waals surface area contributed by atoms with E-state index in [1.807, 2.05) is 0 Å². The van der Waals surface area contributed by atoms with Gasteiger partial charge in [0.15, 0.2) is 14.1 Å². The van der Waals surface area contributed by atoms with Crippen LogP contribution in [0, 0.1) is 0 Å². The van der Waals surface area contributed by atoms with Crippen LogP contribution >= 0.6 is 0 Å². The van der Waals surface area contributed by atoms with E-state index in [0.29, 0.717) is 13.0 Å². The summed E-state index contributed by atoms with van der Waals surface area (Å²) in [7, 11) is -1.89. The van der Waals surface area contributed by atoms with Crippen molar-refractivity contribution in [3.8, 4) is 0 Å². The number of carbonyl (C=O) groups excluding carboxylic acids is 2. The molecule has 0 aromatic rings. The molecule has 6 heteroatoms. The van der Waals surface area contributed by atoms with Crippen LogP contribution in [0.15, 0.2) is 12.7 Å². The quantitative estimate of drug-likeness (QED) is 0.578. The Balaban J connectivity index is 2.65. The first-order valence-corrected chi connectivity index (χ1v) is 10.2. The van der Waals surface area contributed by atoms with Gasteiger partial charge in [0.05, 0.1) is 19.2 Å². The van der Waals surface area contributed by atoms with E-state index in [1.54, 1.807) is 0 Å². The van der Waals surface area contributed by atoms with Crippen LogP contribution in [-0.4, -0.2) is 50.9 Å². The molecular formula is C15H27NO4Si. The summed E-state index contributed by atoms with van der Waals surface area (Å²) < 4.78 is 11.2. The monoisotopic (exact) mass is 313 g/mol. The standard InChI is InChI=1S/C15H27NO4Si/c1-7-8-19-14(18)16-10-13(17)9-12(16)11-20-21(5,6)15(2,3)4/h7,12H,1,8-11H2,2-6H3. The number of hydrogen-bond donors (Lipinski definition) is 0. The molecule has 5 nitrogen and oxygen atoms in total. The van der Waals surface area contributed by atoms with Gasteiger partial charge in [0.1, 0.15) is 6.61 Å². The van der Waals surface area contributed by atoms with Crippen molar-refractivity contribution in [3.63, 3.8) is 0 Å². The van der Waals surface area contributed by atoms with Gasteiger partial charge in [-0.05, 0) is 18.1 Å². The Morgan fingerprint density at radius 2 is 2.10 bits per heavy atom. The summed E-state index contributed by atoms with van der Waals surface area (Å²) in [4.78, 5) is 25.1. The smallest absolute Gasteiger partial charge is 0.410 e. The highest BCUT2D eigenvalue weighted by atomic mass is 28.4. The molecule has 21 heavy (non-hydrogen) atoms. The molecule has 120 valence electrons. The Kier molecular flexibility index (Phi) is 5.75. The number of nitrogens with zero attached hydrogens (tertiary/aromatic N) is 1. The summed E-state index contributed by atoms with van der Waals surface area (Å²) in [5, 5.41) is 0.101. The maximum Gasteiger partial charge on any atom is 0.410 e. The molecule has 0 N–H and O–H groups in total. The van der Waals surface area contributed by atoms with Gasteiger partial charge in [-0.3, -0.25) is 9.69 Å². The molecule has 0 radical (unpaired) electrons. The van der Waals surface area contributed by atoms with Gasteiger partial charge < -0.3 is 9.16 Å². The lowest BCUT2D eigenvalue weighted by atomic mass is 10.2. The van der Waals surface area contributed by atoms with Crippen molar-refractivity contribution in [2.75, 3.05) is 19.8 Å². The van der Waals surface area contributed by atoms with Crippen molar-refractivity contribution >= 4 is 20.2 Å². The summed E-state index contributed by atoms with van der Waals surface area (Å²) in [5.74, 6) is 0.0504. The summed E-state index contributed by atoms with van der Waals surface area (Å²) >= 11 is 0. The maximum absolute atomic E-state index is 11.9. The minimum atomic E-state index is -1.89. The highest BCUT2D eigenvalue weighted by Crippen LogP contribution is 2.37. The molecule has 1 fully saturated rings. The van der Waals surface area contributed by atoms with Crippen LogP contribution in [0.2, 0.25) is 18.1 Å². The van der Waals surface area contributed by atoms with Gasteiger partial charge >= 0.3 is 6.09 Å². The summed E-state index contributed by atoms with van der Waals surface area (Å²) in [5.41, 5.74) is 0. The van der Waals surface area contributed by atoms with Crippen LogP contribution in [0.5, 0.6) is 0 Å². The number of likely N-dealkylation sites (tertiary alicyclic amines) is 1. The first kappa shape index (κ1) is 17.9. The van der Waals surface area contributed by atoms with E-state index >= 15 is 0 Å². The van der Waals surface area contributed by atoms with Crippen molar-refractivity contribution in [2.24, 2.45) is 0 Å². The number of Topliss-reactive ketones (excluding diaryl/α,β-unsaturated/α-hetero) is 1. The van der Waals surface area contributed by atoms with Gasteiger partial charge in [0.2, 0.25) is 0 Å². The molecule has 1 aliphatic heterocycles. The second-order valence-electron chi connectivity index (χ2n) is 6.96. The highest BCUT2D eigenvalue weighted by Gasteiger charge is 2.40. The van der Waals surface area contributed by atoms with Crippen LogP contribution in [0.3, 0.4) is 0 Å². The van der Waals surface area contributed by atoms with Crippen molar-refractivity contribution in [1.29, 1.82) is 0 Å². The molecule has 1 heterocycles. The lowest BCUT2D eigenvalue weighted by Crippen LogP contribution is -2.46. The Bertz CT molecular complexity index is 414. The van der Waals surface area contributed by atoms with E-state index in [0.717, 1.165) is 0 Å². The number of amides is 1. The van der Waals surface area contributed by atoms with Gasteiger partial charge in [-0.25, -0.2) is 4.79 Å². The molecule has 1 rings (SSSR count). The zero-order valence-electron chi connectivity index (χ0n) is 13.8. The number of ether oxygens (including phenoxy) is 1. The third-order valence-electron chi connectivity index (χ3n) is 4.25. The zero-order chi connectivity index (χ0) is 16.3. The fourth-order valence-electron chi connectivity index (χ4n) is 1.85. The fourth-order valence-corrected chi connectivity index (χ4v) is 2.90. The number of carbonyl (C=O) groups is 2. The molecule has 0 aliphatic carbocycles. The van der Waals surface area contributed by atoms with Crippen LogP contribution in [-0.2, 0) is 14.0 Å². The van der Waals surface area contributed by atoms with E-state index in [-0.39, 0.29) is 30.0 Å². The highest BCUT2D eigenvalue weighted by molar-refractivity contribution is 6.74. The Hall–Kier alpha value is -1.14. The van der Waals surface area contributed by atoms with Crippen LogP contribution in [0.25, 0.3) is 0 Å². The van der Waals surface area contributed by atoms with E-state index < -0.39 is 14.4 Å². The van der Waals surface area contributed by atoms with Crippen LogP contribution in [0.4, 0.5) is 4.79 Å². The lowest BCUT2D eigenvalue weighted by molar-refractivity contribution is -0.116. The van der Waals surface area contributed by atoms with Crippen LogP contribution < -0.4 is 0 Å². The van der Waals surface area contributed by atoms with Crippen LogP contribution in [0.1, 0.15) is 27.2 Å². The average molecular weight is 313 g/mol. The fraction of sp³-hybridized carbons (Fsp3) is 0.733. The molecule has 0 saturated carbocycles. The Morgan fingerprint density at radius 1 is 1.48 bits per heavy atom. The van der Waals surface area contributed by atoms with Gasteiger partial charge in [-0.2, -0.15) is 0 Å². The summed E-state index contributed by atoms with van der Waals surface area (Å²) in [6, 6.07) is -0.219. The largest absolute Gasteiger partial charge is 0.445 e. The zero-order valence-corrected chi connectivity index (χ0v) is 14.8. The topological polar surface area (TPSA) is 55.8 Å². The first-order chi connectivity index (χ1) is 9.58. The first-order valence-electron chi connectivity index (χ1n) is 7.28. The van der Waals surface area contributed by atoms with E-state index in [9.17, 15) is 9.59 Å². The van der Waals surface area contributed by atoms with E-state index in [1.165, 1.54) is 11.0 Å². The number of rotatable bonds is 5. The normalized spacial score (nSPS) is 19.8. The van der Waals surface area contributed by atoms with Crippen molar-refractivity contribution in [1.82, 2.24) is 4.90 Å². The molecule has 1 saturated heterocycles. The third kappa shape index (κ3) is 4.67. The van der Waals surface area contributed by atoms with Gasteiger partial charge in [0.25, 0.3) is 0 Å². The van der Waals surface area contributed by atoms with Crippen molar-refractivity contribution in [2.45, 2.75) is 51.4 Å². The van der Waals surface area contributed by atoms with Gasteiger partial charge in [0, 0.05) is 6.42 Å². The summed E-state index contributed by atoms with van der Waals surface area (Å²) in [6.45, 7) is 15.0. The second kappa shape index (κ2) is 6.75. The van der Waals surface area contributed by atoms with Gasteiger partial charge in [-0.15, -0.1) is 0 Å².